The Morgan fingerprint density at radius 3 is 2.11 bits per heavy atom. The van der Waals surface area contributed by atoms with E-state index in [4.69, 9.17) is 5.11 Å². The average molecular weight is 633 g/mol. The number of carboxylic acids is 1. The molecule has 0 aromatic heterocycles. The fraction of sp³-hybridized carbons (Fsp3) is 0.317. The second-order valence-electron chi connectivity index (χ2n) is 13.4. The van der Waals surface area contributed by atoms with Crippen molar-refractivity contribution in [3.8, 4) is 0 Å². The number of halogens is 1. The third-order valence-corrected chi connectivity index (χ3v) is 9.83. The van der Waals surface area contributed by atoms with E-state index in [1.54, 1.807) is 0 Å². The van der Waals surface area contributed by atoms with Gasteiger partial charge in [-0.15, -0.1) is 0 Å². The molecule has 46 heavy (non-hydrogen) atoms. The van der Waals surface area contributed by atoms with Gasteiger partial charge in [-0.3, -0.25) is 4.79 Å². The molecular formula is C41H45ClN2O2. The Morgan fingerprint density at radius 1 is 0.783 bits per heavy atom. The number of likely N-dealkylation sites (N-methyl/N-ethyl adjacent to an activating group) is 1. The monoisotopic (exact) mass is 632 g/mol. The van der Waals surface area contributed by atoms with Crippen LogP contribution in [0.2, 0.25) is 0 Å². The van der Waals surface area contributed by atoms with Crippen LogP contribution in [0.3, 0.4) is 0 Å². The van der Waals surface area contributed by atoms with Gasteiger partial charge in [0.25, 0.3) is 0 Å². The van der Waals surface area contributed by atoms with Crippen LogP contribution in [0.1, 0.15) is 71.4 Å². The first-order chi connectivity index (χ1) is 21.7. The number of carboxylic acid groups (broad SMARTS) is 1. The molecule has 4 nitrogen and oxygen atoms in total. The first-order valence-corrected chi connectivity index (χ1v) is 16.4. The molecule has 4 aromatic rings. The zero-order valence-corrected chi connectivity index (χ0v) is 28.4. The Labute approximate surface area is 279 Å². The normalized spacial score (nSPS) is 17.4. The molecule has 0 unspecified atom stereocenters. The van der Waals surface area contributed by atoms with Crippen molar-refractivity contribution in [2.24, 2.45) is 0 Å². The third kappa shape index (κ3) is 5.80. The van der Waals surface area contributed by atoms with Crippen LogP contribution in [0, 0.1) is 0 Å². The Kier molecular flexibility index (Phi) is 9.60. The van der Waals surface area contributed by atoms with Crippen LogP contribution in [0.4, 0.5) is 11.4 Å². The van der Waals surface area contributed by atoms with E-state index in [0.29, 0.717) is 6.42 Å². The highest BCUT2D eigenvalue weighted by Crippen LogP contribution is 2.50. The molecule has 0 spiro atoms. The summed E-state index contributed by atoms with van der Waals surface area (Å²) in [4.78, 5) is 13.5. The van der Waals surface area contributed by atoms with Crippen LogP contribution in [0.25, 0.3) is 21.5 Å². The zero-order valence-electron chi connectivity index (χ0n) is 27.7. The topological polar surface area (TPSA) is 43.5 Å². The predicted molar refractivity (Wildman–Crippen MR) is 189 cm³/mol. The van der Waals surface area contributed by atoms with Crippen molar-refractivity contribution in [3.63, 3.8) is 0 Å². The molecule has 0 fully saturated rings. The number of nitrogens with zero attached hydrogens (tertiary/aromatic N) is 2. The number of hydrogen-bond donors (Lipinski definition) is 1. The lowest BCUT2D eigenvalue weighted by Crippen LogP contribution is -3.00. The molecule has 0 radical (unpaired) electrons. The van der Waals surface area contributed by atoms with E-state index in [0.717, 1.165) is 25.9 Å². The maximum Gasteiger partial charge on any atom is 0.303 e. The lowest BCUT2D eigenvalue weighted by Gasteiger charge is -2.26. The summed E-state index contributed by atoms with van der Waals surface area (Å²) in [5.74, 6) is -0.716. The third-order valence-electron chi connectivity index (χ3n) is 9.83. The number of aliphatic carboxylic acids is 1. The van der Waals surface area contributed by atoms with E-state index in [2.05, 4.69) is 147 Å². The highest BCUT2D eigenvalue weighted by atomic mass is 35.5. The van der Waals surface area contributed by atoms with Crippen molar-refractivity contribution < 1.29 is 26.9 Å². The molecule has 2 aliphatic rings. The fourth-order valence-electron chi connectivity index (χ4n) is 7.73. The molecule has 0 bridgehead atoms. The van der Waals surface area contributed by atoms with Gasteiger partial charge < -0.3 is 22.4 Å². The standard InChI is InChI=1S/C41H44N2O2.ClH/c1-6-42-33-26-24-29-17-12-14-19-31(29)38(33)40(2,3)35(42)21-9-7-10-22-36-41(4,5)39-32-20-15-13-18-30(32)25-27-34(39)43(36)28-16-8-11-23-37(44)45;/h7,9-10,12-15,17-22,24-27H,6,8,11,16,23,28H2,1-5H3;1H. The van der Waals surface area contributed by atoms with E-state index < -0.39 is 5.97 Å². The highest BCUT2D eigenvalue weighted by molar-refractivity contribution is 6.07. The molecule has 4 aromatic carbocycles. The second-order valence-corrected chi connectivity index (χ2v) is 13.4. The van der Waals surface area contributed by atoms with E-state index in [1.807, 2.05) is 0 Å². The molecule has 5 heteroatoms. The molecule has 6 rings (SSSR count). The molecule has 2 aliphatic heterocycles. The Hall–Kier alpha value is -4.15. The molecule has 1 N–H and O–H groups in total. The molecule has 0 amide bonds. The largest absolute Gasteiger partial charge is 1.00 e. The minimum Gasteiger partial charge on any atom is -1.00 e. The molecule has 238 valence electrons. The second kappa shape index (κ2) is 13.3. The summed E-state index contributed by atoms with van der Waals surface area (Å²) in [6.07, 6.45) is 13.9. The van der Waals surface area contributed by atoms with Crippen LogP contribution >= 0.6 is 0 Å². The molecule has 0 saturated carbocycles. The van der Waals surface area contributed by atoms with Crippen molar-refractivity contribution in [1.29, 1.82) is 0 Å². The zero-order chi connectivity index (χ0) is 31.8. The first kappa shape index (κ1) is 33.2. The van der Waals surface area contributed by atoms with Gasteiger partial charge in [-0.1, -0.05) is 86.7 Å². The summed E-state index contributed by atoms with van der Waals surface area (Å²) in [7, 11) is 0. The number of anilines is 1. The van der Waals surface area contributed by atoms with E-state index in [-0.39, 0.29) is 29.7 Å². The SMILES string of the molecule is CCN1\C(=C/C=C/C=C/C2=[N+](CCCCCC(=O)O)c3ccc4ccccc4c3C2(C)C)C(C)(C)c2c1ccc1ccccc21.[Cl-]. The number of benzene rings is 4. The van der Waals surface area contributed by atoms with Crippen LogP contribution in [0.15, 0.2) is 109 Å². The number of unbranched alkanes of at least 4 members (excludes halogenated alkanes) is 2. The van der Waals surface area contributed by atoms with Gasteiger partial charge in [0.15, 0.2) is 5.71 Å². The molecular weight excluding hydrogens is 588 g/mol. The van der Waals surface area contributed by atoms with Gasteiger partial charge in [-0.2, -0.15) is 4.58 Å². The van der Waals surface area contributed by atoms with Crippen molar-refractivity contribution >= 4 is 44.6 Å². The predicted octanol–water partition coefficient (Wildman–Crippen LogP) is 6.83. The molecule has 0 atom stereocenters. The molecule has 2 heterocycles. The maximum atomic E-state index is 11.0. The quantitative estimate of drug-likeness (QED) is 0.118. The minimum atomic E-state index is -0.716. The Balaban J connectivity index is 0.00000417. The van der Waals surface area contributed by atoms with Gasteiger partial charge in [0.05, 0.1) is 5.41 Å². The summed E-state index contributed by atoms with van der Waals surface area (Å²) in [6.45, 7) is 13.4. The number of allylic oxidation sites excluding steroid dienone is 6. The lowest BCUT2D eigenvalue weighted by molar-refractivity contribution is -0.438. The Morgan fingerprint density at radius 2 is 1.43 bits per heavy atom. The minimum absolute atomic E-state index is 0. The number of hydrogen-bond acceptors (Lipinski definition) is 2. The van der Waals surface area contributed by atoms with Gasteiger partial charge in [-0.25, -0.2) is 0 Å². The Bertz CT molecular complexity index is 1910. The van der Waals surface area contributed by atoms with Crippen molar-refractivity contribution in [1.82, 2.24) is 0 Å². The lowest BCUT2D eigenvalue weighted by atomic mass is 9.79. The van der Waals surface area contributed by atoms with Crippen molar-refractivity contribution in [3.05, 3.63) is 120 Å². The van der Waals surface area contributed by atoms with Gasteiger partial charge >= 0.3 is 5.97 Å². The first-order valence-electron chi connectivity index (χ1n) is 16.4. The smallest absolute Gasteiger partial charge is 0.303 e. The maximum absolute atomic E-state index is 11.0. The number of carbonyl (C=O) groups is 1. The summed E-state index contributed by atoms with van der Waals surface area (Å²) < 4.78 is 2.46. The number of fused-ring (bicyclic) bond motifs is 6. The fourth-order valence-corrected chi connectivity index (χ4v) is 7.73. The summed E-state index contributed by atoms with van der Waals surface area (Å²) >= 11 is 0. The van der Waals surface area contributed by atoms with Crippen LogP contribution in [0.5, 0.6) is 0 Å². The number of rotatable bonds is 10. The molecule has 0 aliphatic carbocycles. The van der Waals surface area contributed by atoms with Crippen LogP contribution in [-0.4, -0.2) is 34.5 Å². The highest BCUT2D eigenvalue weighted by Gasteiger charge is 2.45. The van der Waals surface area contributed by atoms with Crippen molar-refractivity contribution in [2.75, 3.05) is 18.0 Å². The van der Waals surface area contributed by atoms with E-state index in [9.17, 15) is 4.79 Å². The van der Waals surface area contributed by atoms with Gasteiger partial charge in [-0.05, 0) is 78.9 Å². The summed E-state index contributed by atoms with van der Waals surface area (Å²) in [6, 6.07) is 26.4. The van der Waals surface area contributed by atoms with E-state index >= 15 is 0 Å². The van der Waals surface area contributed by atoms with Gasteiger partial charge in [0.2, 0.25) is 5.69 Å². The van der Waals surface area contributed by atoms with Crippen molar-refractivity contribution in [2.45, 2.75) is 71.1 Å². The summed E-state index contributed by atoms with van der Waals surface area (Å²) in [5, 5.41) is 14.3. The van der Waals surface area contributed by atoms with Crippen LogP contribution in [-0.2, 0) is 15.6 Å². The van der Waals surface area contributed by atoms with Gasteiger partial charge in [0, 0.05) is 53.9 Å². The summed E-state index contributed by atoms with van der Waals surface area (Å²) in [5.41, 5.74) is 7.66. The molecule has 0 saturated heterocycles. The average Bonchev–Trinajstić information content (AvgIpc) is 3.38. The van der Waals surface area contributed by atoms with Crippen LogP contribution < -0.4 is 17.3 Å². The van der Waals surface area contributed by atoms with E-state index in [1.165, 1.54) is 55.5 Å². The van der Waals surface area contributed by atoms with Gasteiger partial charge in [0.1, 0.15) is 6.54 Å².